The minimum Gasteiger partial charge on any atom is -0.454 e. The molecule has 0 saturated heterocycles. The van der Waals surface area contributed by atoms with Gasteiger partial charge in [-0.1, -0.05) is 0 Å². The molecule has 0 unspecified atom stereocenters. The van der Waals surface area contributed by atoms with Gasteiger partial charge in [-0.3, -0.25) is 0 Å². The third-order valence-electron chi connectivity index (χ3n) is 4.05. The van der Waals surface area contributed by atoms with Crippen LogP contribution in [0, 0.1) is 6.92 Å². The zero-order valence-corrected chi connectivity index (χ0v) is 19.9. The van der Waals surface area contributed by atoms with Gasteiger partial charge in [0.15, 0.2) is 17.5 Å². The number of aromatic nitrogens is 1. The predicted octanol–water partition coefficient (Wildman–Crippen LogP) is 4.09. The number of fused-ring (bicyclic) bond motifs is 1. The summed E-state index contributed by atoms with van der Waals surface area (Å²) in [5.41, 5.74) is 1.53. The normalized spacial score (nSPS) is 12.6. The summed E-state index contributed by atoms with van der Waals surface area (Å²) < 4.78 is 40.7. The molecular formula is C19H25F2IN4O3S. The summed E-state index contributed by atoms with van der Waals surface area (Å²) in [6.07, 6.45) is 1.79. The zero-order chi connectivity index (χ0) is 20.6. The van der Waals surface area contributed by atoms with E-state index in [1.807, 2.05) is 19.2 Å². The molecule has 30 heavy (non-hydrogen) atoms. The van der Waals surface area contributed by atoms with E-state index in [-0.39, 0.29) is 43.1 Å². The van der Waals surface area contributed by atoms with Crippen LogP contribution in [-0.2, 0) is 13.0 Å². The number of ether oxygens (including phenoxy) is 3. The molecule has 0 aliphatic carbocycles. The highest BCUT2D eigenvalue weighted by Gasteiger charge is 2.20. The molecule has 0 atom stereocenters. The first-order valence-electron chi connectivity index (χ1n) is 9.35. The topological polar surface area (TPSA) is 77.0 Å². The van der Waals surface area contributed by atoms with Gasteiger partial charge in [-0.15, -0.1) is 35.3 Å². The molecule has 1 aliphatic rings. The van der Waals surface area contributed by atoms with Crippen molar-refractivity contribution in [1.29, 1.82) is 0 Å². The van der Waals surface area contributed by atoms with Crippen molar-refractivity contribution in [2.45, 2.75) is 39.8 Å². The number of nitrogens with one attached hydrogen (secondary N) is 2. The van der Waals surface area contributed by atoms with E-state index in [1.54, 1.807) is 17.4 Å². The van der Waals surface area contributed by atoms with Crippen LogP contribution in [0.15, 0.2) is 22.5 Å². The van der Waals surface area contributed by atoms with Gasteiger partial charge in [0.1, 0.15) is 5.75 Å². The fourth-order valence-corrected chi connectivity index (χ4v) is 3.58. The van der Waals surface area contributed by atoms with Crippen LogP contribution in [0.5, 0.6) is 17.2 Å². The molecular weight excluding hydrogens is 529 g/mol. The van der Waals surface area contributed by atoms with E-state index in [0.717, 1.165) is 23.5 Å². The number of aryl methyl sites for hydroxylation is 2. The van der Waals surface area contributed by atoms with Crippen LogP contribution in [0.25, 0.3) is 0 Å². The van der Waals surface area contributed by atoms with Crippen molar-refractivity contribution < 1.29 is 23.0 Å². The second-order valence-electron chi connectivity index (χ2n) is 6.30. The zero-order valence-electron chi connectivity index (χ0n) is 16.7. The summed E-state index contributed by atoms with van der Waals surface area (Å²) in [7, 11) is 0. The van der Waals surface area contributed by atoms with Crippen molar-refractivity contribution in [2.24, 2.45) is 4.99 Å². The maximum absolute atomic E-state index is 12.8. The lowest BCUT2D eigenvalue weighted by atomic mass is 10.1. The van der Waals surface area contributed by atoms with E-state index in [4.69, 9.17) is 9.47 Å². The lowest BCUT2D eigenvalue weighted by molar-refractivity contribution is -0.0505. The third kappa shape index (κ3) is 7.11. The Bertz CT molecular complexity index is 851. The Balaban J connectivity index is 0.00000320. The average molecular weight is 554 g/mol. The molecule has 1 aliphatic heterocycles. The Morgan fingerprint density at radius 1 is 1.30 bits per heavy atom. The van der Waals surface area contributed by atoms with Crippen LogP contribution in [-0.4, -0.2) is 37.4 Å². The van der Waals surface area contributed by atoms with Crippen molar-refractivity contribution in [3.8, 4) is 17.2 Å². The Labute approximate surface area is 195 Å². The molecule has 1 aromatic carbocycles. The van der Waals surface area contributed by atoms with Gasteiger partial charge in [0, 0.05) is 42.2 Å². The molecule has 11 heteroatoms. The van der Waals surface area contributed by atoms with Gasteiger partial charge in [-0.25, -0.2) is 9.98 Å². The molecule has 166 valence electrons. The Morgan fingerprint density at radius 2 is 2.07 bits per heavy atom. The van der Waals surface area contributed by atoms with E-state index in [1.165, 1.54) is 6.07 Å². The first kappa shape index (κ1) is 24.4. The first-order chi connectivity index (χ1) is 14.0. The number of hydrogen-bond acceptors (Lipinski definition) is 6. The van der Waals surface area contributed by atoms with Crippen LogP contribution in [0.3, 0.4) is 0 Å². The van der Waals surface area contributed by atoms with Crippen molar-refractivity contribution in [2.75, 3.05) is 19.9 Å². The van der Waals surface area contributed by atoms with Gasteiger partial charge in [0.05, 0.1) is 11.6 Å². The van der Waals surface area contributed by atoms with Gasteiger partial charge < -0.3 is 24.8 Å². The number of benzene rings is 1. The number of guanidine groups is 1. The molecule has 0 fully saturated rings. The number of aliphatic imine (C=N–C) groups is 1. The first-order valence-corrected chi connectivity index (χ1v) is 10.2. The monoisotopic (exact) mass is 554 g/mol. The summed E-state index contributed by atoms with van der Waals surface area (Å²) in [6.45, 7) is 2.61. The molecule has 0 amide bonds. The molecule has 3 rings (SSSR count). The standard InChI is InChI=1S/C19H24F2N4O3S.HI/c1-3-22-19(23-6-4-5-17-25-12(2)10-29-17)24-9-13-7-15-16(27-11-26-15)8-14(13)28-18(20)21;/h7-8,10,18H,3-6,9,11H2,1-2H3,(H2,22,23,24);1H. The highest BCUT2D eigenvalue weighted by atomic mass is 127. The van der Waals surface area contributed by atoms with Crippen LogP contribution in [0.1, 0.15) is 29.6 Å². The SMILES string of the molecule is CCNC(=NCc1cc2c(cc1OC(F)F)OCO2)NCCCc1nc(C)cs1.I. The Morgan fingerprint density at radius 3 is 2.73 bits per heavy atom. The van der Waals surface area contributed by atoms with Crippen LogP contribution in [0.2, 0.25) is 0 Å². The molecule has 2 N–H and O–H groups in total. The smallest absolute Gasteiger partial charge is 0.387 e. The minimum atomic E-state index is -2.93. The fraction of sp³-hybridized carbons (Fsp3) is 0.474. The molecule has 0 bridgehead atoms. The number of hydrogen-bond donors (Lipinski definition) is 2. The Kier molecular flexibility index (Phi) is 9.82. The third-order valence-corrected chi connectivity index (χ3v) is 5.08. The second kappa shape index (κ2) is 12.1. The molecule has 1 aromatic heterocycles. The largest absolute Gasteiger partial charge is 0.454 e. The maximum atomic E-state index is 12.8. The lowest BCUT2D eigenvalue weighted by Crippen LogP contribution is -2.37. The number of halogens is 3. The van der Waals surface area contributed by atoms with Gasteiger partial charge in [0.25, 0.3) is 0 Å². The van der Waals surface area contributed by atoms with E-state index < -0.39 is 6.61 Å². The second-order valence-corrected chi connectivity index (χ2v) is 7.24. The quantitative estimate of drug-likeness (QED) is 0.211. The summed E-state index contributed by atoms with van der Waals surface area (Å²) in [5.74, 6) is 1.51. The molecule has 2 heterocycles. The van der Waals surface area contributed by atoms with Crippen LogP contribution < -0.4 is 24.8 Å². The van der Waals surface area contributed by atoms with Gasteiger partial charge in [-0.2, -0.15) is 8.78 Å². The fourth-order valence-electron chi connectivity index (χ4n) is 2.76. The average Bonchev–Trinajstić information content (AvgIpc) is 3.30. The molecule has 0 spiro atoms. The number of thiazole rings is 1. The van der Waals surface area contributed by atoms with Crippen molar-refractivity contribution in [1.82, 2.24) is 15.6 Å². The Hall–Kier alpha value is -1.89. The van der Waals surface area contributed by atoms with Gasteiger partial charge >= 0.3 is 6.61 Å². The van der Waals surface area contributed by atoms with E-state index in [2.05, 4.69) is 25.3 Å². The van der Waals surface area contributed by atoms with E-state index >= 15 is 0 Å². The number of rotatable bonds is 9. The van der Waals surface area contributed by atoms with Crippen molar-refractivity contribution >= 4 is 41.3 Å². The van der Waals surface area contributed by atoms with Gasteiger partial charge in [-0.05, 0) is 26.3 Å². The van der Waals surface area contributed by atoms with Crippen molar-refractivity contribution in [3.05, 3.63) is 33.8 Å². The summed E-state index contributed by atoms with van der Waals surface area (Å²) in [6, 6.07) is 3.04. The van der Waals surface area contributed by atoms with Crippen molar-refractivity contribution in [3.63, 3.8) is 0 Å². The predicted molar refractivity (Wildman–Crippen MR) is 123 cm³/mol. The molecule has 0 radical (unpaired) electrons. The summed E-state index contributed by atoms with van der Waals surface area (Å²) >= 11 is 1.66. The summed E-state index contributed by atoms with van der Waals surface area (Å²) in [5, 5.41) is 9.55. The molecule has 0 saturated carbocycles. The lowest BCUT2D eigenvalue weighted by Gasteiger charge is -2.13. The minimum absolute atomic E-state index is 0. The highest BCUT2D eigenvalue weighted by Crippen LogP contribution is 2.39. The van der Waals surface area contributed by atoms with Crippen LogP contribution >= 0.6 is 35.3 Å². The maximum Gasteiger partial charge on any atom is 0.387 e. The van der Waals surface area contributed by atoms with Gasteiger partial charge in [0.2, 0.25) is 6.79 Å². The number of nitrogens with zero attached hydrogens (tertiary/aromatic N) is 2. The van der Waals surface area contributed by atoms with E-state index in [9.17, 15) is 8.78 Å². The number of alkyl halides is 2. The molecule has 2 aromatic rings. The summed E-state index contributed by atoms with van der Waals surface area (Å²) in [4.78, 5) is 8.94. The highest BCUT2D eigenvalue weighted by molar-refractivity contribution is 14.0. The van der Waals surface area contributed by atoms with E-state index in [0.29, 0.717) is 36.1 Å². The van der Waals surface area contributed by atoms with Crippen LogP contribution in [0.4, 0.5) is 8.78 Å². The molecule has 7 nitrogen and oxygen atoms in total.